The van der Waals surface area contributed by atoms with Crippen molar-refractivity contribution in [3.05, 3.63) is 34.3 Å². The molecule has 1 nitrogen and oxygen atoms in total. The number of rotatable bonds is 3. The molecule has 2 N–H and O–H groups in total. The van der Waals surface area contributed by atoms with E-state index in [-0.39, 0.29) is 5.41 Å². The van der Waals surface area contributed by atoms with Gasteiger partial charge in [-0.3, -0.25) is 0 Å². The van der Waals surface area contributed by atoms with Crippen molar-refractivity contribution >= 4 is 11.6 Å². The number of hydrogen-bond donors (Lipinski definition) is 1. The zero-order chi connectivity index (χ0) is 13.5. The molecule has 0 bridgehead atoms. The molecule has 0 heterocycles. The Hall–Kier alpha value is -0.530. The van der Waals surface area contributed by atoms with Gasteiger partial charge in [-0.2, -0.15) is 0 Å². The predicted molar refractivity (Wildman–Crippen MR) is 81.8 cm³/mol. The molecule has 0 aromatic heterocycles. The van der Waals surface area contributed by atoms with Gasteiger partial charge in [-0.25, -0.2) is 0 Å². The molecule has 104 valence electrons. The van der Waals surface area contributed by atoms with Crippen LogP contribution in [0.3, 0.4) is 0 Å². The Balaban J connectivity index is 1.80. The summed E-state index contributed by atoms with van der Waals surface area (Å²) in [4.78, 5) is 0. The lowest BCUT2D eigenvalue weighted by atomic mass is 9.79. The first-order chi connectivity index (χ1) is 9.14. The van der Waals surface area contributed by atoms with Crippen LogP contribution >= 0.6 is 11.6 Å². The summed E-state index contributed by atoms with van der Waals surface area (Å²) < 4.78 is 0. The Labute approximate surface area is 121 Å². The van der Waals surface area contributed by atoms with Gasteiger partial charge >= 0.3 is 0 Å². The van der Waals surface area contributed by atoms with E-state index >= 15 is 0 Å². The van der Waals surface area contributed by atoms with E-state index in [4.69, 9.17) is 17.3 Å². The third-order valence-electron chi connectivity index (χ3n) is 5.31. The monoisotopic (exact) mass is 277 g/mol. The SMILES string of the molecule is CC1CCC(c2ccc(C3(CN)CC3)cc2Cl)CC1. The fourth-order valence-corrected chi connectivity index (χ4v) is 3.86. The standard InChI is InChI=1S/C17H24ClN/c1-12-2-4-13(5-3-12)15-7-6-14(10-16(15)18)17(11-19)8-9-17/h6-7,10,12-13H,2-5,8-9,11,19H2,1H3. The molecule has 2 aliphatic rings. The second kappa shape index (κ2) is 5.10. The highest BCUT2D eigenvalue weighted by molar-refractivity contribution is 6.31. The fourth-order valence-electron chi connectivity index (χ4n) is 3.52. The lowest BCUT2D eigenvalue weighted by Crippen LogP contribution is -2.20. The van der Waals surface area contributed by atoms with Gasteiger partial charge < -0.3 is 5.73 Å². The van der Waals surface area contributed by atoms with E-state index in [1.165, 1.54) is 49.7 Å². The van der Waals surface area contributed by atoms with Crippen LogP contribution in [-0.2, 0) is 5.41 Å². The van der Waals surface area contributed by atoms with Crippen molar-refractivity contribution in [3.8, 4) is 0 Å². The average Bonchev–Trinajstić information content (AvgIpc) is 3.21. The molecule has 0 saturated heterocycles. The quantitative estimate of drug-likeness (QED) is 0.857. The Kier molecular flexibility index (Phi) is 3.61. The number of hydrogen-bond acceptors (Lipinski definition) is 1. The van der Waals surface area contributed by atoms with Gasteiger partial charge in [-0.15, -0.1) is 0 Å². The van der Waals surface area contributed by atoms with Crippen molar-refractivity contribution in [2.24, 2.45) is 11.7 Å². The van der Waals surface area contributed by atoms with Crippen molar-refractivity contribution in [1.82, 2.24) is 0 Å². The summed E-state index contributed by atoms with van der Waals surface area (Å²) in [5.41, 5.74) is 8.88. The molecular weight excluding hydrogens is 254 g/mol. The summed E-state index contributed by atoms with van der Waals surface area (Å²) in [6.07, 6.45) is 7.72. The summed E-state index contributed by atoms with van der Waals surface area (Å²) in [7, 11) is 0. The first kappa shape index (κ1) is 13.5. The Morgan fingerprint density at radius 3 is 2.42 bits per heavy atom. The van der Waals surface area contributed by atoms with Gasteiger partial charge in [-0.05, 0) is 54.7 Å². The minimum atomic E-state index is 0.253. The molecule has 0 radical (unpaired) electrons. The van der Waals surface area contributed by atoms with Gasteiger partial charge in [0.25, 0.3) is 0 Å². The number of nitrogens with two attached hydrogens (primary N) is 1. The van der Waals surface area contributed by atoms with Gasteiger partial charge in [0.1, 0.15) is 0 Å². The van der Waals surface area contributed by atoms with E-state index in [9.17, 15) is 0 Å². The lowest BCUT2D eigenvalue weighted by Gasteiger charge is -2.27. The van der Waals surface area contributed by atoms with Gasteiger partial charge in [0, 0.05) is 17.0 Å². The van der Waals surface area contributed by atoms with Crippen LogP contribution in [0.25, 0.3) is 0 Å². The zero-order valence-corrected chi connectivity index (χ0v) is 12.5. The Morgan fingerprint density at radius 1 is 1.21 bits per heavy atom. The van der Waals surface area contributed by atoms with E-state index in [0.29, 0.717) is 5.92 Å². The number of benzene rings is 1. The highest BCUT2D eigenvalue weighted by atomic mass is 35.5. The maximum atomic E-state index is 6.55. The van der Waals surface area contributed by atoms with Crippen LogP contribution in [0.15, 0.2) is 18.2 Å². The molecule has 19 heavy (non-hydrogen) atoms. The molecule has 2 aliphatic carbocycles. The van der Waals surface area contributed by atoms with Crippen LogP contribution in [0, 0.1) is 5.92 Å². The van der Waals surface area contributed by atoms with Crippen LogP contribution in [0.5, 0.6) is 0 Å². The lowest BCUT2D eigenvalue weighted by molar-refractivity contribution is 0.348. The summed E-state index contributed by atoms with van der Waals surface area (Å²) >= 11 is 6.55. The predicted octanol–water partition coefficient (Wildman–Crippen LogP) is 4.62. The molecule has 0 atom stereocenters. The normalized spacial score (nSPS) is 29.2. The van der Waals surface area contributed by atoms with Crippen LogP contribution in [-0.4, -0.2) is 6.54 Å². The van der Waals surface area contributed by atoms with Crippen molar-refractivity contribution < 1.29 is 0 Å². The highest BCUT2D eigenvalue weighted by Gasteiger charge is 2.43. The maximum absolute atomic E-state index is 6.55. The van der Waals surface area contributed by atoms with Crippen LogP contribution in [0.2, 0.25) is 5.02 Å². The van der Waals surface area contributed by atoms with E-state index in [1.54, 1.807) is 0 Å². The molecule has 0 unspecified atom stereocenters. The van der Waals surface area contributed by atoms with E-state index in [2.05, 4.69) is 25.1 Å². The minimum absolute atomic E-state index is 0.253. The minimum Gasteiger partial charge on any atom is -0.330 e. The Morgan fingerprint density at radius 2 is 1.89 bits per heavy atom. The fraction of sp³-hybridized carbons (Fsp3) is 0.647. The zero-order valence-electron chi connectivity index (χ0n) is 11.8. The van der Waals surface area contributed by atoms with Gasteiger partial charge in [0.2, 0.25) is 0 Å². The molecule has 1 aromatic rings. The first-order valence-corrected chi connectivity index (χ1v) is 8.02. The van der Waals surface area contributed by atoms with E-state index in [1.807, 2.05) is 0 Å². The van der Waals surface area contributed by atoms with Crippen LogP contribution in [0.1, 0.15) is 62.5 Å². The molecule has 3 rings (SSSR count). The largest absolute Gasteiger partial charge is 0.330 e. The molecule has 2 saturated carbocycles. The first-order valence-electron chi connectivity index (χ1n) is 7.64. The van der Waals surface area contributed by atoms with Gasteiger partial charge in [0.15, 0.2) is 0 Å². The van der Waals surface area contributed by atoms with Gasteiger partial charge in [0.05, 0.1) is 0 Å². The third-order valence-corrected chi connectivity index (χ3v) is 5.64. The highest BCUT2D eigenvalue weighted by Crippen LogP contribution is 2.48. The summed E-state index contributed by atoms with van der Waals surface area (Å²) in [5, 5.41) is 0.969. The maximum Gasteiger partial charge on any atom is 0.0443 e. The summed E-state index contributed by atoms with van der Waals surface area (Å²) in [6, 6.07) is 6.74. The smallest absolute Gasteiger partial charge is 0.0443 e. The van der Waals surface area contributed by atoms with Crippen molar-refractivity contribution in [2.75, 3.05) is 6.54 Å². The molecule has 2 heteroatoms. The molecule has 0 amide bonds. The molecule has 0 spiro atoms. The van der Waals surface area contributed by atoms with E-state index in [0.717, 1.165) is 17.5 Å². The van der Waals surface area contributed by atoms with Crippen LogP contribution < -0.4 is 5.73 Å². The molecule has 0 aliphatic heterocycles. The molecule has 2 fully saturated rings. The second-order valence-electron chi connectivity index (χ2n) is 6.68. The van der Waals surface area contributed by atoms with Crippen molar-refractivity contribution in [2.45, 2.75) is 56.8 Å². The van der Waals surface area contributed by atoms with Gasteiger partial charge in [-0.1, -0.05) is 43.5 Å². The van der Waals surface area contributed by atoms with Crippen molar-refractivity contribution in [1.29, 1.82) is 0 Å². The summed E-state index contributed by atoms with van der Waals surface area (Å²) in [6.45, 7) is 3.11. The third kappa shape index (κ3) is 2.55. The average molecular weight is 278 g/mol. The number of halogens is 1. The second-order valence-corrected chi connectivity index (χ2v) is 7.08. The Bertz CT molecular complexity index is 456. The van der Waals surface area contributed by atoms with E-state index < -0.39 is 0 Å². The van der Waals surface area contributed by atoms with Crippen molar-refractivity contribution in [3.63, 3.8) is 0 Å². The topological polar surface area (TPSA) is 26.0 Å². The summed E-state index contributed by atoms with van der Waals surface area (Å²) in [5.74, 6) is 1.56. The van der Waals surface area contributed by atoms with Crippen LogP contribution in [0.4, 0.5) is 0 Å². The molecular formula is C17H24ClN. The molecule has 1 aromatic carbocycles.